The number of hydrogen-bond donors (Lipinski definition) is 1. The molecule has 100 valence electrons. The topological polar surface area (TPSA) is 70.3 Å². The lowest BCUT2D eigenvalue weighted by atomic mass is 10.0. The van der Waals surface area contributed by atoms with Crippen molar-refractivity contribution < 1.29 is 9.47 Å². The van der Waals surface area contributed by atoms with Crippen LogP contribution in [0.4, 0.5) is 5.95 Å². The van der Waals surface area contributed by atoms with E-state index in [9.17, 15) is 0 Å². The second-order valence-corrected chi connectivity index (χ2v) is 4.31. The van der Waals surface area contributed by atoms with Gasteiger partial charge in [-0.1, -0.05) is 6.07 Å². The highest BCUT2D eigenvalue weighted by atomic mass is 16.5. The summed E-state index contributed by atoms with van der Waals surface area (Å²) in [5.41, 5.74) is 9.50. The molecular weight excluding hydrogens is 242 g/mol. The molecule has 2 aromatic rings. The number of hydrogen-bond acceptors (Lipinski definition) is 5. The first kappa shape index (κ1) is 13.1. The van der Waals surface area contributed by atoms with Crippen molar-refractivity contribution in [1.29, 1.82) is 0 Å². The molecule has 0 aliphatic rings. The molecular formula is C14H17N3O2. The van der Waals surface area contributed by atoms with Crippen LogP contribution >= 0.6 is 0 Å². The molecule has 0 spiro atoms. The molecule has 0 amide bonds. The number of nitrogen functional groups attached to an aromatic ring is 1. The van der Waals surface area contributed by atoms with E-state index in [-0.39, 0.29) is 5.95 Å². The van der Waals surface area contributed by atoms with Gasteiger partial charge in [0.1, 0.15) is 5.75 Å². The van der Waals surface area contributed by atoms with Crippen LogP contribution in [0.5, 0.6) is 11.6 Å². The summed E-state index contributed by atoms with van der Waals surface area (Å²) in [5.74, 6) is 1.37. The Kier molecular flexibility index (Phi) is 3.55. The van der Waals surface area contributed by atoms with Gasteiger partial charge in [-0.15, -0.1) is 0 Å². The van der Waals surface area contributed by atoms with Crippen LogP contribution in [-0.2, 0) is 0 Å². The molecule has 1 aromatic carbocycles. The lowest BCUT2D eigenvalue weighted by molar-refractivity contribution is 0.397. The van der Waals surface area contributed by atoms with Crippen LogP contribution in [0.25, 0.3) is 11.3 Å². The predicted octanol–water partition coefficient (Wildman–Crippen LogP) is 2.36. The van der Waals surface area contributed by atoms with Gasteiger partial charge in [0.25, 0.3) is 0 Å². The molecule has 0 radical (unpaired) electrons. The zero-order valence-electron chi connectivity index (χ0n) is 11.5. The molecule has 2 rings (SSSR count). The molecule has 5 heteroatoms. The van der Waals surface area contributed by atoms with E-state index in [4.69, 9.17) is 15.2 Å². The first-order chi connectivity index (χ1) is 9.05. The van der Waals surface area contributed by atoms with Crippen LogP contribution < -0.4 is 15.2 Å². The molecule has 19 heavy (non-hydrogen) atoms. The second kappa shape index (κ2) is 5.14. The SMILES string of the molecule is COc1cc(-c2c(C)cc(C)cc2OC)nc(N)n1. The van der Waals surface area contributed by atoms with Crippen molar-refractivity contribution in [2.75, 3.05) is 20.0 Å². The standard InChI is InChI=1S/C14H17N3O2/c1-8-5-9(2)13(11(6-8)18-3)10-7-12(19-4)17-14(15)16-10/h5-7H,1-4H3,(H2,15,16,17). The summed E-state index contributed by atoms with van der Waals surface area (Å²) in [6.45, 7) is 4.03. The molecule has 0 aliphatic heterocycles. The minimum absolute atomic E-state index is 0.177. The van der Waals surface area contributed by atoms with E-state index < -0.39 is 0 Å². The summed E-state index contributed by atoms with van der Waals surface area (Å²) in [6, 6.07) is 5.78. The Morgan fingerprint density at radius 2 is 1.74 bits per heavy atom. The molecule has 5 nitrogen and oxygen atoms in total. The van der Waals surface area contributed by atoms with Crippen LogP contribution in [0, 0.1) is 13.8 Å². The summed E-state index contributed by atoms with van der Waals surface area (Å²) in [6.07, 6.45) is 0. The third-order valence-electron chi connectivity index (χ3n) is 2.85. The maximum Gasteiger partial charge on any atom is 0.223 e. The Morgan fingerprint density at radius 3 is 2.37 bits per heavy atom. The zero-order chi connectivity index (χ0) is 14.0. The summed E-state index contributed by atoms with van der Waals surface area (Å²) in [4.78, 5) is 8.24. The van der Waals surface area contributed by atoms with Crippen molar-refractivity contribution >= 4 is 5.95 Å². The van der Waals surface area contributed by atoms with E-state index in [0.717, 1.165) is 22.4 Å². The molecule has 0 atom stereocenters. The highest BCUT2D eigenvalue weighted by Crippen LogP contribution is 2.34. The zero-order valence-corrected chi connectivity index (χ0v) is 11.5. The van der Waals surface area contributed by atoms with Crippen LogP contribution in [0.3, 0.4) is 0 Å². The molecule has 0 unspecified atom stereocenters. The van der Waals surface area contributed by atoms with Crippen LogP contribution in [-0.4, -0.2) is 24.2 Å². The van der Waals surface area contributed by atoms with Gasteiger partial charge in [-0.05, 0) is 31.0 Å². The van der Waals surface area contributed by atoms with Gasteiger partial charge in [0.15, 0.2) is 0 Å². The normalized spacial score (nSPS) is 10.3. The van der Waals surface area contributed by atoms with Crippen molar-refractivity contribution in [2.24, 2.45) is 0 Å². The molecule has 0 saturated heterocycles. The minimum Gasteiger partial charge on any atom is -0.496 e. The summed E-state index contributed by atoms with van der Waals surface area (Å²) in [5, 5.41) is 0. The number of methoxy groups -OCH3 is 2. The van der Waals surface area contributed by atoms with Crippen molar-refractivity contribution in [3.63, 3.8) is 0 Å². The van der Waals surface area contributed by atoms with Crippen LogP contribution in [0.1, 0.15) is 11.1 Å². The maximum atomic E-state index is 5.70. The molecule has 2 N–H and O–H groups in total. The van der Waals surface area contributed by atoms with Gasteiger partial charge in [0.05, 0.1) is 19.9 Å². The summed E-state index contributed by atoms with van der Waals surface area (Å²) >= 11 is 0. The Hall–Kier alpha value is -2.30. The number of aryl methyl sites for hydroxylation is 2. The second-order valence-electron chi connectivity index (χ2n) is 4.31. The Balaban J connectivity index is 2.67. The average molecular weight is 259 g/mol. The van der Waals surface area contributed by atoms with Crippen LogP contribution in [0.2, 0.25) is 0 Å². The molecule has 1 heterocycles. The van der Waals surface area contributed by atoms with E-state index in [1.54, 1.807) is 20.3 Å². The number of aromatic nitrogens is 2. The number of benzene rings is 1. The van der Waals surface area contributed by atoms with Gasteiger partial charge in [0, 0.05) is 11.6 Å². The van der Waals surface area contributed by atoms with Crippen LogP contribution in [0.15, 0.2) is 18.2 Å². The fourth-order valence-electron chi connectivity index (χ4n) is 2.09. The van der Waals surface area contributed by atoms with Crippen molar-refractivity contribution in [2.45, 2.75) is 13.8 Å². The van der Waals surface area contributed by atoms with Gasteiger partial charge in [0.2, 0.25) is 11.8 Å². The molecule has 1 aromatic heterocycles. The predicted molar refractivity (Wildman–Crippen MR) is 74.5 cm³/mol. The van der Waals surface area contributed by atoms with Crippen molar-refractivity contribution in [1.82, 2.24) is 9.97 Å². The number of ether oxygens (including phenoxy) is 2. The van der Waals surface area contributed by atoms with Gasteiger partial charge >= 0.3 is 0 Å². The first-order valence-corrected chi connectivity index (χ1v) is 5.89. The summed E-state index contributed by atoms with van der Waals surface area (Å²) < 4.78 is 10.6. The molecule has 0 saturated carbocycles. The highest BCUT2D eigenvalue weighted by molar-refractivity contribution is 5.72. The largest absolute Gasteiger partial charge is 0.496 e. The Labute approximate surface area is 112 Å². The van der Waals surface area contributed by atoms with E-state index in [1.165, 1.54) is 0 Å². The molecule has 0 bridgehead atoms. The summed E-state index contributed by atoms with van der Waals surface area (Å²) in [7, 11) is 3.18. The average Bonchev–Trinajstić information content (AvgIpc) is 2.36. The van der Waals surface area contributed by atoms with Gasteiger partial charge < -0.3 is 15.2 Å². The van der Waals surface area contributed by atoms with E-state index >= 15 is 0 Å². The minimum atomic E-state index is 0.177. The monoisotopic (exact) mass is 259 g/mol. The number of nitrogens with two attached hydrogens (primary N) is 1. The smallest absolute Gasteiger partial charge is 0.223 e. The lowest BCUT2D eigenvalue weighted by Gasteiger charge is -2.13. The number of anilines is 1. The molecule has 0 fully saturated rings. The maximum absolute atomic E-state index is 5.70. The third-order valence-corrected chi connectivity index (χ3v) is 2.85. The van der Waals surface area contributed by atoms with E-state index in [2.05, 4.69) is 16.0 Å². The number of rotatable bonds is 3. The third kappa shape index (κ3) is 2.59. The highest BCUT2D eigenvalue weighted by Gasteiger charge is 2.14. The molecule has 0 aliphatic carbocycles. The Morgan fingerprint density at radius 1 is 1.00 bits per heavy atom. The van der Waals surface area contributed by atoms with E-state index in [1.807, 2.05) is 19.9 Å². The van der Waals surface area contributed by atoms with E-state index in [0.29, 0.717) is 11.6 Å². The van der Waals surface area contributed by atoms with Gasteiger partial charge in [-0.3, -0.25) is 0 Å². The van der Waals surface area contributed by atoms with Crippen molar-refractivity contribution in [3.8, 4) is 22.9 Å². The van der Waals surface area contributed by atoms with Gasteiger partial charge in [-0.2, -0.15) is 4.98 Å². The Bertz CT molecular complexity index is 612. The van der Waals surface area contributed by atoms with Crippen molar-refractivity contribution in [3.05, 3.63) is 29.3 Å². The lowest BCUT2D eigenvalue weighted by Crippen LogP contribution is -2.01. The first-order valence-electron chi connectivity index (χ1n) is 5.89. The fraction of sp³-hybridized carbons (Fsp3) is 0.286. The fourth-order valence-corrected chi connectivity index (χ4v) is 2.09. The quantitative estimate of drug-likeness (QED) is 0.916. The number of nitrogens with zero attached hydrogens (tertiary/aromatic N) is 2. The van der Waals surface area contributed by atoms with Gasteiger partial charge in [-0.25, -0.2) is 4.98 Å².